The Balaban J connectivity index is 1.56. The number of fused-ring (bicyclic) bond motifs is 1. The number of halogens is 2. The van der Waals surface area contributed by atoms with Gasteiger partial charge in [-0.3, -0.25) is 9.48 Å². The fraction of sp³-hybridized carbons (Fsp3) is 0.348. The van der Waals surface area contributed by atoms with Crippen molar-refractivity contribution in [3.8, 4) is 16.8 Å². The number of rotatable bonds is 6. The van der Waals surface area contributed by atoms with Crippen LogP contribution in [0.5, 0.6) is 0 Å². The number of hydrogen-bond donors (Lipinski definition) is 0. The summed E-state index contributed by atoms with van der Waals surface area (Å²) in [5.74, 6) is -0.344. The van der Waals surface area contributed by atoms with Crippen molar-refractivity contribution >= 4 is 40.1 Å². The average Bonchev–Trinajstić information content (AvgIpc) is 3.55. The molecule has 0 radical (unpaired) electrons. The SMILES string of the molecule is CCOC(=O)Cn1cc(-n2cc(-c3cnn(C4CCCCO4)c3)c3ccc(Cl)c(Cl)c32)cn1. The lowest BCUT2D eigenvalue weighted by molar-refractivity contribution is -0.144. The quantitative estimate of drug-likeness (QED) is 0.346. The molecule has 0 amide bonds. The van der Waals surface area contributed by atoms with E-state index in [0.717, 1.165) is 53.6 Å². The number of benzene rings is 1. The van der Waals surface area contributed by atoms with Gasteiger partial charge in [-0.05, 0) is 32.3 Å². The normalized spacial score (nSPS) is 16.4. The van der Waals surface area contributed by atoms with E-state index in [1.165, 1.54) is 4.68 Å². The lowest BCUT2D eigenvalue weighted by atomic mass is 10.1. The van der Waals surface area contributed by atoms with Gasteiger partial charge in [-0.1, -0.05) is 29.3 Å². The Morgan fingerprint density at radius 3 is 2.85 bits per heavy atom. The van der Waals surface area contributed by atoms with Crippen molar-refractivity contribution in [3.05, 3.63) is 53.2 Å². The first kappa shape index (κ1) is 22.0. The van der Waals surface area contributed by atoms with E-state index < -0.39 is 0 Å². The molecule has 1 saturated heterocycles. The van der Waals surface area contributed by atoms with Crippen LogP contribution < -0.4 is 0 Å². The number of carbonyl (C=O) groups excluding carboxylic acids is 1. The van der Waals surface area contributed by atoms with E-state index in [-0.39, 0.29) is 18.7 Å². The molecule has 4 heterocycles. The Labute approximate surface area is 200 Å². The molecule has 1 fully saturated rings. The molecule has 0 aliphatic carbocycles. The molecule has 1 unspecified atom stereocenters. The highest BCUT2D eigenvalue weighted by molar-refractivity contribution is 6.45. The summed E-state index contributed by atoms with van der Waals surface area (Å²) in [4.78, 5) is 11.8. The molecule has 0 spiro atoms. The smallest absolute Gasteiger partial charge is 0.327 e. The molecule has 0 bridgehead atoms. The molecule has 33 heavy (non-hydrogen) atoms. The number of nitrogens with zero attached hydrogens (tertiary/aromatic N) is 5. The largest absolute Gasteiger partial charge is 0.465 e. The molecule has 10 heteroatoms. The molecular weight excluding hydrogens is 465 g/mol. The van der Waals surface area contributed by atoms with Crippen molar-refractivity contribution in [1.29, 1.82) is 0 Å². The van der Waals surface area contributed by atoms with Gasteiger partial charge >= 0.3 is 5.97 Å². The second kappa shape index (κ2) is 9.21. The monoisotopic (exact) mass is 487 g/mol. The van der Waals surface area contributed by atoms with Crippen molar-refractivity contribution < 1.29 is 14.3 Å². The maximum absolute atomic E-state index is 11.8. The molecule has 1 aromatic carbocycles. The number of carbonyl (C=O) groups is 1. The minimum Gasteiger partial charge on any atom is -0.465 e. The van der Waals surface area contributed by atoms with Gasteiger partial charge < -0.3 is 14.0 Å². The Morgan fingerprint density at radius 1 is 1.18 bits per heavy atom. The molecule has 3 aromatic heterocycles. The lowest BCUT2D eigenvalue weighted by Gasteiger charge is -2.22. The third-order valence-electron chi connectivity index (χ3n) is 5.72. The van der Waals surface area contributed by atoms with Crippen LogP contribution >= 0.6 is 23.2 Å². The highest BCUT2D eigenvalue weighted by Gasteiger charge is 2.21. The predicted octanol–water partition coefficient (Wildman–Crippen LogP) is 5.26. The molecule has 1 atom stereocenters. The molecule has 172 valence electrons. The van der Waals surface area contributed by atoms with Gasteiger partial charge in [0.05, 0.1) is 40.2 Å². The number of hydrogen-bond acceptors (Lipinski definition) is 5. The Bertz CT molecular complexity index is 1300. The van der Waals surface area contributed by atoms with Crippen molar-refractivity contribution in [3.63, 3.8) is 0 Å². The highest BCUT2D eigenvalue weighted by Crippen LogP contribution is 2.39. The van der Waals surface area contributed by atoms with Crippen LogP contribution in [0.1, 0.15) is 32.4 Å². The summed E-state index contributed by atoms with van der Waals surface area (Å²) in [7, 11) is 0. The van der Waals surface area contributed by atoms with Gasteiger partial charge in [-0.15, -0.1) is 0 Å². The average molecular weight is 488 g/mol. The summed E-state index contributed by atoms with van der Waals surface area (Å²) in [6.45, 7) is 2.88. The summed E-state index contributed by atoms with van der Waals surface area (Å²) >= 11 is 13.0. The van der Waals surface area contributed by atoms with Crippen LogP contribution in [-0.4, -0.2) is 43.3 Å². The predicted molar refractivity (Wildman–Crippen MR) is 126 cm³/mol. The van der Waals surface area contributed by atoms with E-state index in [1.54, 1.807) is 25.4 Å². The van der Waals surface area contributed by atoms with Crippen molar-refractivity contribution in [2.24, 2.45) is 0 Å². The lowest BCUT2D eigenvalue weighted by Crippen LogP contribution is -2.18. The molecule has 4 aromatic rings. The van der Waals surface area contributed by atoms with E-state index in [4.69, 9.17) is 32.7 Å². The van der Waals surface area contributed by atoms with Gasteiger partial charge in [-0.25, -0.2) is 4.68 Å². The first-order chi connectivity index (χ1) is 16.0. The number of ether oxygens (including phenoxy) is 2. The molecule has 1 aliphatic heterocycles. The van der Waals surface area contributed by atoms with Crippen molar-refractivity contribution in [2.45, 2.75) is 39.0 Å². The van der Waals surface area contributed by atoms with Crippen LogP contribution in [0.25, 0.3) is 27.7 Å². The molecule has 0 N–H and O–H groups in total. The minimum absolute atomic E-state index is 0.0303. The van der Waals surface area contributed by atoms with E-state index >= 15 is 0 Å². The van der Waals surface area contributed by atoms with Gasteiger partial charge in [-0.2, -0.15) is 10.2 Å². The topological polar surface area (TPSA) is 76.1 Å². The van der Waals surface area contributed by atoms with E-state index in [1.807, 2.05) is 33.9 Å². The second-order valence-electron chi connectivity index (χ2n) is 7.90. The molecule has 0 saturated carbocycles. The van der Waals surface area contributed by atoms with Gasteiger partial charge in [0.15, 0.2) is 0 Å². The number of esters is 1. The zero-order valence-corrected chi connectivity index (χ0v) is 19.6. The minimum atomic E-state index is -0.344. The summed E-state index contributed by atoms with van der Waals surface area (Å²) in [6, 6.07) is 3.74. The summed E-state index contributed by atoms with van der Waals surface area (Å²) in [5.41, 5.74) is 3.42. The standard InChI is InChI=1S/C23H23Cl2N5O3/c1-2-32-21(31)14-28-12-16(10-26-28)29-13-18(17-6-7-19(24)22(25)23(17)29)15-9-27-30(11-15)20-5-3-4-8-33-20/h6-7,9-13,20H,2-5,8,14H2,1H3. The Hall–Kier alpha value is -2.81. The van der Waals surface area contributed by atoms with Crippen LogP contribution in [0.2, 0.25) is 10.0 Å². The molecular formula is C23H23Cl2N5O3. The van der Waals surface area contributed by atoms with E-state index in [9.17, 15) is 4.79 Å². The van der Waals surface area contributed by atoms with Crippen LogP contribution in [-0.2, 0) is 20.8 Å². The van der Waals surface area contributed by atoms with E-state index in [0.29, 0.717) is 16.7 Å². The summed E-state index contributed by atoms with van der Waals surface area (Å²) < 4.78 is 16.2. The van der Waals surface area contributed by atoms with Crippen LogP contribution in [0.3, 0.4) is 0 Å². The Morgan fingerprint density at radius 2 is 2.06 bits per heavy atom. The Kier molecular flexibility index (Phi) is 6.14. The third kappa shape index (κ3) is 4.26. The first-order valence-electron chi connectivity index (χ1n) is 10.9. The highest BCUT2D eigenvalue weighted by atomic mass is 35.5. The maximum Gasteiger partial charge on any atom is 0.327 e. The van der Waals surface area contributed by atoms with Crippen LogP contribution in [0.15, 0.2) is 43.1 Å². The van der Waals surface area contributed by atoms with Gasteiger partial charge in [0.2, 0.25) is 0 Å². The molecule has 1 aliphatic rings. The van der Waals surface area contributed by atoms with Crippen LogP contribution in [0.4, 0.5) is 0 Å². The van der Waals surface area contributed by atoms with Gasteiger partial charge in [0.1, 0.15) is 12.8 Å². The summed E-state index contributed by atoms with van der Waals surface area (Å²) in [6.07, 6.45) is 12.4. The maximum atomic E-state index is 11.8. The third-order valence-corrected chi connectivity index (χ3v) is 6.51. The van der Waals surface area contributed by atoms with Gasteiger partial charge in [0, 0.05) is 41.7 Å². The zero-order chi connectivity index (χ0) is 22.9. The molecule has 8 nitrogen and oxygen atoms in total. The number of aromatic nitrogens is 5. The van der Waals surface area contributed by atoms with Crippen LogP contribution in [0, 0.1) is 0 Å². The first-order valence-corrected chi connectivity index (χ1v) is 11.6. The van der Waals surface area contributed by atoms with Crippen molar-refractivity contribution in [2.75, 3.05) is 13.2 Å². The molecule has 5 rings (SSSR count). The fourth-order valence-corrected chi connectivity index (χ4v) is 4.57. The van der Waals surface area contributed by atoms with Gasteiger partial charge in [0.25, 0.3) is 0 Å². The zero-order valence-electron chi connectivity index (χ0n) is 18.1. The van der Waals surface area contributed by atoms with E-state index in [2.05, 4.69) is 10.2 Å². The summed E-state index contributed by atoms with van der Waals surface area (Å²) in [5, 5.41) is 10.7. The van der Waals surface area contributed by atoms with Crippen molar-refractivity contribution in [1.82, 2.24) is 24.1 Å². The fourth-order valence-electron chi connectivity index (χ4n) is 4.16. The second-order valence-corrected chi connectivity index (χ2v) is 8.69.